The first kappa shape index (κ1) is 18.3. The number of carbonyl (C=O) groups is 1. The number of hydrogen-bond donors (Lipinski definition) is 1. The third-order valence-corrected chi connectivity index (χ3v) is 6.29. The molecule has 1 aliphatic rings. The van der Waals surface area contributed by atoms with Gasteiger partial charge in [-0.1, -0.05) is 11.6 Å². The van der Waals surface area contributed by atoms with Crippen LogP contribution in [0.25, 0.3) is 11.3 Å². The van der Waals surface area contributed by atoms with E-state index in [0.29, 0.717) is 24.1 Å². The minimum absolute atomic E-state index is 0.00458. The zero-order valence-electron chi connectivity index (χ0n) is 14.4. The van der Waals surface area contributed by atoms with Gasteiger partial charge in [0.2, 0.25) is 15.9 Å². The Morgan fingerprint density at radius 3 is 2.73 bits per heavy atom. The van der Waals surface area contributed by atoms with Crippen molar-refractivity contribution in [2.24, 2.45) is 0 Å². The van der Waals surface area contributed by atoms with Gasteiger partial charge in [0.25, 0.3) is 0 Å². The molecule has 1 aromatic carbocycles. The topological polar surface area (TPSA) is 110 Å². The fraction of sp³-hybridized carbons (Fsp3) is 0.353. The minimum Gasteiger partial charge on any atom is -0.480 e. The number of nitrogens with zero attached hydrogens (tertiary/aromatic N) is 3. The van der Waals surface area contributed by atoms with Gasteiger partial charge in [-0.25, -0.2) is 18.4 Å². The van der Waals surface area contributed by atoms with Crippen LogP contribution in [0.3, 0.4) is 0 Å². The Morgan fingerprint density at radius 2 is 2.04 bits per heavy atom. The summed E-state index contributed by atoms with van der Waals surface area (Å²) in [5.41, 5.74) is 1.47. The van der Waals surface area contributed by atoms with Crippen LogP contribution in [0.4, 0.5) is 0 Å². The van der Waals surface area contributed by atoms with E-state index in [0.717, 1.165) is 9.87 Å². The molecule has 0 radical (unpaired) electrons. The fourth-order valence-corrected chi connectivity index (χ4v) is 4.94. The number of aliphatic carboxylic acids is 1. The van der Waals surface area contributed by atoms with Crippen molar-refractivity contribution in [1.29, 1.82) is 0 Å². The maximum absolute atomic E-state index is 13.2. The van der Waals surface area contributed by atoms with Crippen molar-refractivity contribution < 1.29 is 23.1 Å². The maximum atomic E-state index is 13.2. The van der Waals surface area contributed by atoms with Crippen LogP contribution in [-0.4, -0.2) is 53.5 Å². The molecule has 8 nitrogen and oxygen atoms in total. The van der Waals surface area contributed by atoms with Gasteiger partial charge in [-0.3, -0.25) is 4.79 Å². The van der Waals surface area contributed by atoms with Gasteiger partial charge in [0, 0.05) is 24.5 Å². The molecule has 0 saturated carbocycles. The number of carboxylic acids is 1. The molecule has 0 amide bonds. The van der Waals surface area contributed by atoms with E-state index in [4.69, 9.17) is 4.74 Å². The lowest BCUT2D eigenvalue weighted by Gasteiger charge is -2.22. The SMILES string of the molecule is COc1nccnc1-c1cc(C)ccc1S(=O)(=O)N1CCC[C@H]1C(=O)O. The molecule has 1 aliphatic heterocycles. The highest BCUT2D eigenvalue weighted by Crippen LogP contribution is 2.35. The number of benzene rings is 1. The van der Waals surface area contributed by atoms with Crippen LogP contribution in [-0.2, 0) is 14.8 Å². The molecule has 0 aliphatic carbocycles. The summed E-state index contributed by atoms with van der Waals surface area (Å²) in [6.45, 7) is 2.00. The third kappa shape index (κ3) is 3.15. The number of rotatable bonds is 5. The largest absolute Gasteiger partial charge is 0.480 e. The molecule has 0 spiro atoms. The van der Waals surface area contributed by atoms with Crippen LogP contribution in [0.15, 0.2) is 35.5 Å². The molecule has 1 aromatic heterocycles. The van der Waals surface area contributed by atoms with Crippen molar-refractivity contribution in [3.8, 4) is 17.1 Å². The monoisotopic (exact) mass is 377 g/mol. The van der Waals surface area contributed by atoms with Gasteiger partial charge in [0.05, 0.1) is 12.0 Å². The Labute approximate surface area is 151 Å². The standard InChI is InChI=1S/C17H19N3O5S/c1-11-5-6-14(12(10-11)15-16(25-2)19-8-7-18-15)26(23,24)20-9-3-4-13(20)17(21)22/h5-8,10,13H,3-4,9H2,1-2H3,(H,21,22)/t13-/m0/s1. The van der Waals surface area contributed by atoms with Crippen molar-refractivity contribution in [3.63, 3.8) is 0 Å². The molecule has 0 unspecified atom stereocenters. The molecule has 0 bridgehead atoms. The molecule has 2 heterocycles. The predicted octanol–water partition coefficient (Wildman–Crippen LogP) is 1.70. The quantitative estimate of drug-likeness (QED) is 0.844. The lowest BCUT2D eigenvalue weighted by atomic mass is 10.1. The summed E-state index contributed by atoms with van der Waals surface area (Å²) in [6, 6.07) is 3.78. The van der Waals surface area contributed by atoms with Gasteiger partial charge < -0.3 is 9.84 Å². The van der Waals surface area contributed by atoms with Gasteiger partial charge in [-0.15, -0.1) is 0 Å². The van der Waals surface area contributed by atoms with Gasteiger partial charge >= 0.3 is 5.97 Å². The summed E-state index contributed by atoms with van der Waals surface area (Å²) in [4.78, 5) is 19.8. The smallest absolute Gasteiger partial charge is 0.322 e. The van der Waals surface area contributed by atoms with Crippen LogP contribution in [0.5, 0.6) is 5.88 Å². The summed E-state index contributed by atoms with van der Waals surface area (Å²) < 4.78 is 32.7. The zero-order valence-corrected chi connectivity index (χ0v) is 15.2. The summed E-state index contributed by atoms with van der Waals surface area (Å²) in [5, 5.41) is 9.36. The van der Waals surface area contributed by atoms with E-state index < -0.39 is 22.0 Å². The number of sulfonamides is 1. The van der Waals surface area contributed by atoms with Gasteiger partial charge in [0.1, 0.15) is 11.7 Å². The van der Waals surface area contributed by atoms with Crippen LogP contribution in [0.1, 0.15) is 18.4 Å². The van der Waals surface area contributed by atoms with E-state index in [1.54, 1.807) is 12.1 Å². The van der Waals surface area contributed by atoms with Crippen molar-refractivity contribution >= 4 is 16.0 Å². The summed E-state index contributed by atoms with van der Waals surface area (Å²) in [5.74, 6) is -0.942. The van der Waals surface area contributed by atoms with Crippen LogP contribution in [0.2, 0.25) is 0 Å². The van der Waals surface area contributed by atoms with E-state index in [2.05, 4.69) is 9.97 Å². The summed E-state index contributed by atoms with van der Waals surface area (Å²) in [7, 11) is -2.60. The number of aryl methyl sites for hydroxylation is 1. The number of hydrogen-bond acceptors (Lipinski definition) is 6. The number of methoxy groups -OCH3 is 1. The Hall–Kier alpha value is -2.52. The average molecular weight is 377 g/mol. The Balaban J connectivity index is 2.18. The highest BCUT2D eigenvalue weighted by molar-refractivity contribution is 7.89. The van der Waals surface area contributed by atoms with E-state index in [9.17, 15) is 18.3 Å². The second-order valence-electron chi connectivity index (χ2n) is 6.03. The highest BCUT2D eigenvalue weighted by atomic mass is 32.2. The molecule has 1 N–H and O–H groups in total. The summed E-state index contributed by atoms with van der Waals surface area (Å²) >= 11 is 0. The lowest BCUT2D eigenvalue weighted by molar-refractivity contribution is -0.140. The van der Waals surface area contributed by atoms with Crippen LogP contribution < -0.4 is 4.74 Å². The Bertz CT molecular complexity index is 945. The molecule has 1 atom stereocenters. The van der Waals surface area contributed by atoms with Gasteiger partial charge in [-0.05, 0) is 31.9 Å². The maximum Gasteiger partial charge on any atom is 0.322 e. The normalized spacial score (nSPS) is 18.0. The lowest BCUT2D eigenvalue weighted by Crippen LogP contribution is -2.40. The predicted molar refractivity (Wildman–Crippen MR) is 93.3 cm³/mol. The molecule has 2 aromatic rings. The van der Waals surface area contributed by atoms with E-state index in [-0.39, 0.29) is 17.3 Å². The van der Waals surface area contributed by atoms with E-state index in [1.165, 1.54) is 25.6 Å². The fourth-order valence-electron chi connectivity index (χ4n) is 3.11. The first-order chi connectivity index (χ1) is 12.4. The number of carboxylic acid groups (broad SMARTS) is 1. The summed E-state index contributed by atoms with van der Waals surface area (Å²) in [6.07, 6.45) is 3.70. The third-order valence-electron chi connectivity index (χ3n) is 4.32. The Morgan fingerprint density at radius 1 is 1.31 bits per heavy atom. The molecule has 1 fully saturated rings. The average Bonchev–Trinajstić information content (AvgIpc) is 3.12. The second-order valence-corrected chi connectivity index (χ2v) is 7.88. The van der Waals surface area contributed by atoms with Crippen LogP contribution in [0, 0.1) is 6.92 Å². The minimum atomic E-state index is -4.02. The van der Waals surface area contributed by atoms with Gasteiger partial charge in [0.15, 0.2) is 0 Å². The first-order valence-electron chi connectivity index (χ1n) is 8.07. The van der Waals surface area contributed by atoms with E-state index in [1.807, 2.05) is 6.92 Å². The number of ether oxygens (including phenoxy) is 1. The molecular weight excluding hydrogens is 358 g/mol. The van der Waals surface area contributed by atoms with Crippen molar-refractivity contribution in [1.82, 2.24) is 14.3 Å². The molecule has 26 heavy (non-hydrogen) atoms. The number of aromatic nitrogens is 2. The molecule has 138 valence electrons. The molecular formula is C17H19N3O5S. The van der Waals surface area contributed by atoms with Crippen molar-refractivity contribution in [2.75, 3.05) is 13.7 Å². The highest BCUT2D eigenvalue weighted by Gasteiger charge is 2.40. The first-order valence-corrected chi connectivity index (χ1v) is 9.51. The van der Waals surface area contributed by atoms with Crippen molar-refractivity contribution in [3.05, 3.63) is 36.2 Å². The molecule has 1 saturated heterocycles. The molecule has 9 heteroatoms. The van der Waals surface area contributed by atoms with Crippen molar-refractivity contribution in [2.45, 2.75) is 30.7 Å². The van der Waals surface area contributed by atoms with Gasteiger partial charge in [-0.2, -0.15) is 4.31 Å². The zero-order chi connectivity index (χ0) is 18.9. The molecule has 3 rings (SSSR count). The van der Waals surface area contributed by atoms with Crippen LogP contribution >= 0.6 is 0 Å². The van der Waals surface area contributed by atoms with E-state index >= 15 is 0 Å². The second kappa shape index (κ2) is 7.00. The Kier molecular flexibility index (Phi) is 4.92.